The van der Waals surface area contributed by atoms with Crippen molar-refractivity contribution in [1.29, 1.82) is 0 Å². The smallest absolute Gasteiger partial charge is 0.271 e. The second kappa shape index (κ2) is 11.4. The molecule has 10 nitrogen and oxygen atoms in total. The molecule has 0 bridgehead atoms. The van der Waals surface area contributed by atoms with Gasteiger partial charge < -0.3 is 10.1 Å². The Kier molecular flexibility index (Phi) is 8.11. The molecule has 1 atom stereocenters. The summed E-state index contributed by atoms with van der Waals surface area (Å²) in [5.41, 5.74) is 0.682. The fraction of sp³-hybridized carbons (Fsp3) is 0.375. The number of ether oxygens (including phenoxy) is 1. The molecular formula is C24H27N5O5S. The van der Waals surface area contributed by atoms with E-state index in [0.29, 0.717) is 28.3 Å². The Morgan fingerprint density at radius 3 is 2.74 bits per heavy atom. The Hall–Kier alpha value is -3.28. The first-order chi connectivity index (χ1) is 16.9. The molecule has 0 radical (unpaired) electrons. The fourth-order valence-electron chi connectivity index (χ4n) is 3.86. The summed E-state index contributed by atoms with van der Waals surface area (Å²) in [5, 5.41) is 14.2. The molecule has 2 aromatic carbocycles. The number of nitro benzene ring substituents is 1. The van der Waals surface area contributed by atoms with Gasteiger partial charge in [-0.1, -0.05) is 30.0 Å². The average Bonchev–Trinajstić information content (AvgIpc) is 2.86. The van der Waals surface area contributed by atoms with E-state index in [2.05, 4.69) is 10.2 Å². The van der Waals surface area contributed by atoms with E-state index >= 15 is 0 Å². The van der Waals surface area contributed by atoms with Gasteiger partial charge in [0.15, 0.2) is 5.16 Å². The molecule has 2 heterocycles. The summed E-state index contributed by atoms with van der Waals surface area (Å²) in [5.74, 6) is -0.335. The number of aromatic nitrogens is 2. The van der Waals surface area contributed by atoms with Crippen molar-refractivity contribution in [3.63, 3.8) is 0 Å². The molecule has 1 aliphatic rings. The molecule has 1 unspecified atom stereocenters. The molecule has 1 saturated heterocycles. The Bertz CT molecular complexity index is 1270. The van der Waals surface area contributed by atoms with Gasteiger partial charge in [-0.2, -0.15) is 0 Å². The number of fused-ring (bicyclic) bond motifs is 1. The minimum absolute atomic E-state index is 0.103. The number of rotatable bonds is 9. The largest absolute Gasteiger partial charge is 0.379 e. The number of nitrogens with zero attached hydrogens (tertiary/aromatic N) is 4. The Labute approximate surface area is 206 Å². The van der Waals surface area contributed by atoms with Crippen molar-refractivity contribution in [2.45, 2.75) is 30.3 Å². The van der Waals surface area contributed by atoms with Crippen LogP contribution in [-0.2, 0) is 16.1 Å². The zero-order valence-corrected chi connectivity index (χ0v) is 20.2. The van der Waals surface area contributed by atoms with Gasteiger partial charge in [-0.25, -0.2) is 4.98 Å². The standard InChI is InChI=1S/C24H27N5O5S/c1-17(22(30)25-18-6-4-7-19(16-18)29(32)33)35-24-26-21-9-3-2-8-20(21)23(31)28(24)11-5-10-27-12-14-34-15-13-27/h2-4,6-9,16-17H,5,10-15H2,1H3,(H,25,30). The fourth-order valence-corrected chi connectivity index (χ4v) is 4.80. The third-order valence-electron chi connectivity index (χ3n) is 5.76. The van der Waals surface area contributed by atoms with E-state index in [1.165, 1.54) is 30.0 Å². The van der Waals surface area contributed by atoms with E-state index < -0.39 is 10.2 Å². The van der Waals surface area contributed by atoms with Crippen molar-refractivity contribution in [3.05, 3.63) is 69.0 Å². The van der Waals surface area contributed by atoms with Gasteiger partial charge in [0.25, 0.3) is 11.2 Å². The number of carbonyl (C=O) groups excluding carboxylic acids is 1. The summed E-state index contributed by atoms with van der Waals surface area (Å²) >= 11 is 1.20. The molecular weight excluding hydrogens is 470 g/mol. The van der Waals surface area contributed by atoms with Gasteiger partial charge in [-0.05, 0) is 31.5 Å². The number of non-ortho nitro benzene ring substituents is 1. The Morgan fingerprint density at radius 2 is 1.97 bits per heavy atom. The number of hydrogen-bond acceptors (Lipinski definition) is 8. The normalized spacial score (nSPS) is 15.1. The van der Waals surface area contributed by atoms with Crippen LogP contribution in [0.25, 0.3) is 10.9 Å². The van der Waals surface area contributed by atoms with Gasteiger partial charge in [0.1, 0.15) is 0 Å². The monoisotopic (exact) mass is 497 g/mol. The zero-order chi connectivity index (χ0) is 24.8. The molecule has 184 valence electrons. The van der Waals surface area contributed by atoms with E-state index in [4.69, 9.17) is 9.72 Å². The molecule has 1 aromatic heterocycles. The number of morpholine rings is 1. The second-order valence-electron chi connectivity index (χ2n) is 8.23. The Balaban J connectivity index is 1.51. The molecule has 11 heteroatoms. The highest BCUT2D eigenvalue weighted by atomic mass is 32.2. The van der Waals surface area contributed by atoms with Crippen molar-refractivity contribution in [2.75, 3.05) is 38.2 Å². The minimum atomic E-state index is -0.590. The number of thioether (sulfide) groups is 1. The summed E-state index contributed by atoms with van der Waals surface area (Å²) in [4.78, 5) is 43.6. The lowest BCUT2D eigenvalue weighted by Crippen LogP contribution is -2.37. The van der Waals surface area contributed by atoms with Gasteiger partial charge >= 0.3 is 0 Å². The lowest BCUT2D eigenvalue weighted by Gasteiger charge is -2.26. The van der Waals surface area contributed by atoms with Crippen LogP contribution in [-0.4, -0.2) is 63.4 Å². The molecule has 0 spiro atoms. The first-order valence-corrected chi connectivity index (χ1v) is 12.3. The van der Waals surface area contributed by atoms with Gasteiger partial charge in [-0.3, -0.25) is 29.2 Å². The minimum Gasteiger partial charge on any atom is -0.379 e. The predicted octanol–water partition coefficient (Wildman–Crippen LogP) is 3.15. The van der Waals surface area contributed by atoms with Crippen LogP contribution in [0, 0.1) is 10.1 Å². The second-order valence-corrected chi connectivity index (χ2v) is 9.54. The number of nitro groups is 1. The van der Waals surface area contributed by atoms with Crippen LogP contribution >= 0.6 is 11.8 Å². The van der Waals surface area contributed by atoms with Crippen LogP contribution in [0.4, 0.5) is 11.4 Å². The van der Waals surface area contributed by atoms with E-state index in [9.17, 15) is 19.7 Å². The zero-order valence-electron chi connectivity index (χ0n) is 19.4. The van der Waals surface area contributed by atoms with Crippen LogP contribution < -0.4 is 10.9 Å². The van der Waals surface area contributed by atoms with E-state index in [0.717, 1.165) is 39.3 Å². The number of benzene rings is 2. The number of nitrogens with one attached hydrogen (secondary N) is 1. The number of carbonyl (C=O) groups is 1. The molecule has 1 fully saturated rings. The summed E-state index contributed by atoms with van der Waals surface area (Å²) in [6.07, 6.45) is 0.766. The maximum absolute atomic E-state index is 13.3. The van der Waals surface area contributed by atoms with E-state index in [1.807, 2.05) is 12.1 Å². The lowest BCUT2D eigenvalue weighted by molar-refractivity contribution is -0.384. The highest BCUT2D eigenvalue weighted by Gasteiger charge is 2.20. The first kappa shape index (κ1) is 24.8. The SMILES string of the molecule is CC(Sc1nc2ccccc2c(=O)n1CCCN1CCOCC1)C(=O)Nc1cccc([N+](=O)[O-])c1. The molecule has 1 N–H and O–H groups in total. The van der Waals surface area contributed by atoms with Crippen LogP contribution in [0.2, 0.25) is 0 Å². The van der Waals surface area contributed by atoms with Gasteiger partial charge in [0.2, 0.25) is 5.91 Å². The molecule has 0 saturated carbocycles. The number of anilines is 1. The summed E-state index contributed by atoms with van der Waals surface area (Å²) in [7, 11) is 0. The third-order valence-corrected chi connectivity index (χ3v) is 6.85. The van der Waals surface area contributed by atoms with Crippen molar-refractivity contribution in [2.24, 2.45) is 0 Å². The van der Waals surface area contributed by atoms with Crippen molar-refractivity contribution in [3.8, 4) is 0 Å². The maximum Gasteiger partial charge on any atom is 0.271 e. The number of amides is 1. The summed E-state index contributed by atoms with van der Waals surface area (Å²) in [6.45, 7) is 6.23. The van der Waals surface area contributed by atoms with Crippen molar-refractivity contribution < 1.29 is 14.5 Å². The van der Waals surface area contributed by atoms with Gasteiger partial charge in [0, 0.05) is 44.0 Å². The summed E-state index contributed by atoms with van der Waals surface area (Å²) in [6, 6.07) is 13.0. The summed E-state index contributed by atoms with van der Waals surface area (Å²) < 4.78 is 7.04. The maximum atomic E-state index is 13.3. The third kappa shape index (κ3) is 6.24. The van der Waals surface area contributed by atoms with Crippen LogP contribution in [0.1, 0.15) is 13.3 Å². The topological polar surface area (TPSA) is 120 Å². The van der Waals surface area contributed by atoms with E-state index in [-0.39, 0.29) is 17.2 Å². The highest BCUT2D eigenvalue weighted by molar-refractivity contribution is 8.00. The Morgan fingerprint density at radius 1 is 1.20 bits per heavy atom. The molecule has 35 heavy (non-hydrogen) atoms. The van der Waals surface area contributed by atoms with Crippen molar-refractivity contribution >= 4 is 39.9 Å². The number of hydrogen-bond donors (Lipinski definition) is 1. The van der Waals surface area contributed by atoms with Crippen LogP contribution in [0.5, 0.6) is 0 Å². The van der Waals surface area contributed by atoms with Crippen LogP contribution in [0.3, 0.4) is 0 Å². The van der Waals surface area contributed by atoms with E-state index in [1.54, 1.807) is 29.7 Å². The molecule has 0 aliphatic carbocycles. The lowest BCUT2D eigenvalue weighted by atomic mass is 10.2. The molecule has 3 aromatic rings. The molecule has 1 amide bonds. The number of para-hydroxylation sites is 1. The molecule has 1 aliphatic heterocycles. The van der Waals surface area contributed by atoms with Gasteiger partial charge in [-0.15, -0.1) is 0 Å². The quantitative estimate of drug-likeness (QED) is 0.207. The van der Waals surface area contributed by atoms with Crippen LogP contribution in [0.15, 0.2) is 58.5 Å². The predicted molar refractivity (Wildman–Crippen MR) is 135 cm³/mol. The van der Waals surface area contributed by atoms with Crippen molar-refractivity contribution in [1.82, 2.24) is 14.5 Å². The van der Waals surface area contributed by atoms with Gasteiger partial charge in [0.05, 0.1) is 34.3 Å². The average molecular weight is 498 g/mol. The highest BCUT2D eigenvalue weighted by Crippen LogP contribution is 2.25. The first-order valence-electron chi connectivity index (χ1n) is 11.4. The molecule has 4 rings (SSSR count).